The Morgan fingerprint density at radius 3 is 2.06 bits per heavy atom. The molecule has 2 amide bonds. The Morgan fingerprint density at radius 2 is 1.49 bits per heavy atom. The van der Waals surface area contributed by atoms with E-state index in [4.69, 9.17) is 27.7 Å². The average molecular weight is 832 g/mol. The molecule has 0 aliphatic heterocycles. The summed E-state index contributed by atoms with van der Waals surface area (Å²) >= 11 is 12.9. The molecule has 286 valence electrons. The van der Waals surface area contributed by atoms with E-state index in [9.17, 15) is 26.4 Å². The lowest BCUT2D eigenvalue weighted by molar-refractivity contribution is -0.123. The highest BCUT2D eigenvalue weighted by molar-refractivity contribution is 7.94. The Kier molecular flexibility index (Phi) is 12.4. The van der Waals surface area contributed by atoms with Crippen molar-refractivity contribution in [3.8, 4) is 0 Å². The fraction of sp³-hybridized carbons (Fsp3) is 0.429. The number of rotatable bonds is 14. The van der Waals surface area contributed by atoms with E-state index in [0.29, 0.717) is 18.5 Å². The molecule has 4 aromatic rings. The molecule has 1 fully saturated rings. The molecule has 18 heteroatoms. The molecule has 5 rings (SSSR count). The fourth-order valence-electron chi connectivity index (χ4n) is 6.17. The fourth-order valence-corrected chi connectivity index (χ4v) is 10.9. The van der Waals surface area contributed by atoms with Crippen molar-refractivity contribution in [2.45, 2.75) is 97.3 Å². The van der Waals surface area contributed by atoms with Crippen molar-refractivity contribution in [3.05, 3.63) is 85.9 Å². The summed E-state index contributed by atoms with van der Waals surface area (Å²) in [5, 5.41) is 10.4. The van der Waals surface area contributed by atoms with Crippen LogP contribution < -0.4 is 10.6 Å². The molecule has 1 aliphatic carbocycles. The molecule has 11 nitrogen and oxygen atoms in total. The summed E-state index contributed by atoms with van der Waals surface area (Å²) in [5.74, 6) is -5.05. The number of anilines is 1. The molecular formula is C35H38Cl2F2N4O7S3. The number of amides is 2. The number of thiazole rings is 1. The minimum Gasteiger partial charge on any atom is -0.353 e. The first-order valence-corrected chi connectivity index (χ1v) is 21.4. The second-order valence-electron chi connectivity index (χ2n) is 13.4. The molecular weight excluding hydrogens is 794 g/mol. The molecule has 0 bridgehead atoms. The summed E-state index contributed by atoms with van der Waals surface area (Å²) in [4.78, 5) is 31.2. The Hall–Kier alpha value is -3.44. The number of hydrogen-bond acceptors (Lipinski definition) is 10. The third-order valence-electron chi connectivity index (χ3n) is 9.48. The van der Waals surface area contributed by atoms with E-state index in [2.05, 4.69) is 20.8 Å². The number of aromatic nitrogens is 2. The Balaban J connectivity index is 1.55. The van der Waals surface area contributed by atoms with Crippen LogP contribution in [0, 0.1) is 11.6 Å². The van der Waals surface area contributed by atoms with Crippen LogP contribution in [0.3, 0.4) is 0 Å². The van der Waals surface area contributed by atoms with E-state index < -0.39 is 75.4 Å². The van der Waals surface area contributed by atoms with Gasteiger partial charge in [-0.3, -0.25) is 14.9 Å². The van der Waals surface area contributed by atoms with Gasteiger partial charge in [0.1, 0.15) is 21.4 Å². The standard InChI is InChI=1S/C35H38Cl2F2N4O7S3/c1-4-8-24-17-30(50-43-24)42-33(45)35(3,53(48,49)29-14-12-23(37)16-26(29)39)20-40-32(44)34(2,52(46,47)28-13-11-22(36)15-25(28)38)18-31-41-27(19-51-31)21-9-6-5-7-10-21/h11-17,19,21H,4-10,18,20H2,1-3H3,(H,40,44)(H,42,45). The summed E-state index contributed by atoms with van der Waals surface area (Å²) < 4.78 is 87.5. The minimum atomic E-state index is -5.04. The normalized spacial score (nSPS) is 16.4. The maximum absolute atomic E-state index is 15.3. The predicted octanol–water partition coefficient (Wildman–Crippen LogP) is 7.48. The molecule has 1 aliphatic rings. The van der Waals surface area contributed by atoms with Crippen LogP contribution >= 0.6 is 34.5 Å². The lowest BCUT2D eigenvalue weighted by Gasteiger charge is -2.32. The zero-order valence-corrected chi connectivity index (χ0v) is 33.0. The van der Waals surface area contributed by atoms with E-state index in [0.717, 1.165) is 99.4 Å². The van der Waals surface area contributed by atoms with Gasteiger partial charge in [-0.15, -0.1) is 11.3 Å². The number of carbonyl (C=O) groups is 2. The van der Waals surface area contributed by atoms with Crippen LogP contribution in [0.2, 0.25) is 10.0 Å². The molecule has 0 radical (unpaired) electrons. The SMILES string of the molecule is CCCc1cc(NC(=O)C(C)(CNC(=O)C(C)(Cc2nc(C3CCCCC3)cs2)S(=O)(=O)c2ccc(Cl)cc2F)S(=O)(=O)c2ccc(Cl)cc2F)on1. The highest BCUT2D eigenvalue weighted by atomic mass is 35.5. The Labute approximate surface area is 320 Å². The van der Waals surface area contributed by atoms with Crippen LogP contribution in [0.1, 0.15) is 81.6 Å². The summed E-state index contributed by atoms with van der Waals surface area (Å²) in [5.41, 5.74) is 1.23. The van der Waals surface area contributed by atoms with Crippen molar-refractivity contribution in [2.75, 3.05) is 11.9 Å². The van der Waals surface area contributed by atoms with Gasteiger partial charge >= 0.3 is 0 Å². The number of carbonyl (C=O) groups excluding carboxylic acids is 2. The monoisotopic (exact) mass is 830 g/mol. The number of halogens is 4. The van der Waals surface area contributed by atoms with Crippen molar-refractivity contribution in [3.63, 3.8) is 0 Å². The van der Waals surface area contributed by atoms with Gasteiger partial charge in [0, 0.05) is 40.4 Å². The highest BCUT2D eigenvalue weighted by Crippen LogP contribution is 2.37. The van der Waals surface area contributed by atoms with Gasteiger partial charge in [-0.2, -0.15) is 0 Å². The summed E-state index contributed by atoms with van der Waals surface area (Å²) in [6, 6.07) is 7.00. The van der Waals surface area contributed by atoms with Gasteiger partial charge in [-0.05, 0) is 69.5 Å². The predicted molar refractivity (Wildman–Crippen MR) is 198 cm³/mol. The first-order chi connectivity index (χ1) is 24.9. The minimum absolute atomic E-state index is 0.0837. The molecule has 0 saturated heterocycles. The maximum Gasteiger partial charge on any atom is 0.250 e. The van der Waals surface area contributed by atoms with Crippen LogP contribution in [-0.4, -0.2) is 54.8 Å². The summed E-state index contributed by atoms with van der Waals surface area (Å²) in [6.07, 6.45) is 5.62. The third kappa shape index (κ3) is 8.31. The molecule has 2 unspecified atom stereocenters. The van der Waals surface area contributed by atoms with Crippen LogP contribution in [0.25, 0.3) is 0 Å². The van der Waals surface area contributed by atoms with E-state index >= 15 is 8.78 Å². The molecule has 2 aromatic heterocycles. The zero-order valence-electron chi connectivity index (χ0n) is 29.0. The van der Waals surface area contributed by atoms with Gasteiger partial charge < -0.3 is 9.84 Å². The number of sulfone groups is 2. The van der Waals surface area contributed by atoms with Crippen LogP contribution in [-0.2, 0) is 42.1 Å². The van der Waals surface area contributed by atoms with Gasteiger partial charge in [0.05, 0.1) is 16.4 Å². The van der Waals surface area contributed by atoms with Gasteiger partial charge in [0.25, 0.3) is 0 Å². The molecule has 0 spiro atoms. The zero-order chi connectivity index (χ0) is 38.8. The number of benzene rings is 2. The van der Waals surface area contributed by atoms with E-state index in [1.807, 2.05) is 12.3 Å². The Morgan fingerprint density at radius 1 is 0.906 bits per heavy atom. The van der Waals surface area contributed by atoms with Gasteiger partial charge in [-0.1, -0.05) is 61.0 Å². The van der Waals surface area contributed by atoms with Gasteiger partial charge in [0.2, 0.25) is 17.7 Å². The quantitative estimate of drug-likeness (QED) is 0.131. The molecule has 2 atom stereocenters. The van der Waals surface area contributed by atoms with E-state index in [1.54, 1.807) is 0 Å². The third-order valence-corrected chi connectivity index (χ3v) is 15.7. The summed E-state index contributed by atoms with van der Waals surface area (Å²) in [7, 11) is -9.96. The number of hydrogen-bond donors (Lipinski definition) is 2. The van der Waals surface area contributed by atoms with Crippen LogP contribution in [0.5, 0.6) is 0 Å². The highest BCUT2D eigenvalue weighted by Gasteiger charge is 2.53. The molecule has 53 heavy (non-hydrogen) atoms. The van der Waals surface area contributed by atoms with Crippen molar-refractivity contribution in [2.24, 2.45) is 0 Å². The van der Waals surface area contributed by atoms with Crippen molar-refractivity contribution in [1.82, 2.24) is 15.5 Å². The van der Waals surface area contributed by atoms with E-state index in [-0.39, 0.29) is 26.9 Å². The summed E-state index contributed by atoms with van der Waals surface area (Å²) in [6.45, 7) is 2.84. The van der Waals surface area contributed by atoms with Crippen molar-refractivity contribution < 1.29 is 39.7 Å². The maximum atomic E-state index is 15.3. The number of nitrogens with zero attached hydrogens (tertiary/aromatic N) is 2. The lowest BCUT2D eigenvalue weighted by atomic mass is 9.87. The second kappa shape index (κ2) is 16.1. The molecule has 2 aromatic carbocycles. The average Bonchev–Trinajstić information content (AvgIpc) is 3.76. The van der Waals surface area contributed by atoms with Gasteiger partial charge in [-0.25, -0.2) is 30.6 Å². The Bertz CT molecular complexity index is 2230. The lowest BCUT2D eigenvalue weighted by Crippen LogP contribution is -2.59. The topological polar surface area (TPSA) is 165 Å². The van der Waals surface area contributed by atoms with Crippen LogP contribution in [0.4, 0.5) is 14.7 Å². The number of aryl methyl sites for hydroxylation is 1. The van der Waals surface area contributed by atoms with Crippen molar-refractivity contribution in [1.29, 1.82) is 0 Å². The molecule has 2 heterocycles. The van der Waals surface area contributed by atoms with E-state index in [1.165, 1.54) is 6.07 Å². The molecule has 2 N–H and O–H groups in total. The van der Waals surface area contributed by atoms with Crippen LogP contribution in [0.15, 0.2) is 62.2 Å². The smallest absolute Gasteiger partial charge is 0.250 e. The first-order valence-electron chi connectivity index (χ1n) is 16.8. The van der Waals surface area contributed by atoms with Crippen molar-refractivity contribution >= 4 is 71.9 Å². The number of nitrogens with one attached hydrogen (secondary N) is 2. The largest absolute Gasteiger partial charge is 0.353 e. The molecule has 1 saturated carbocycles. The first kappa shape index (κ1) is 40.7. The van der Waals surface area contributed by atoms with Gasteiger partial charge in [0.15, 0.2) is 29.2 Å². The second-order valence-corrected chi connectivity index (χ2v) is 19.9.